The molecule has 2 bridgehead atoms. The molecule has 3 aliphatic heterocycles. The molecule has 3 N–H and O–H groups in total. The first kappa shape index (κ1) is 81.2. The van der Waals surface area contributed by atoms with Crippen LogP contribution >= 0.6 is 11.6 Å². The molecular weight excluding hydrogens is 1340 g/mol. The van der Waals surface area contributed by atoms with E-state index in [0.717, 1.165) is 35.4 Å². The van der Waals surface area contributed by atoms with Crippen molar-refractivity contribution in [3.8, 4) is 0 Å². The van der Waals surface area contributed by atoms with Crippen molar-refractivity contribution >= 4 is 82.5 Å². The topological polar surface area (TPSA) is 270 Å². The second kappa shape index (κ2) is 35.9. The molecule has 1 spiro atoms. The van der Waals surface area contributed by atoms with E-state index in [-0.39, 0.29) is 76.1 Å². The highest BCUT2D eigenvalue weighted by molar-refractivity contribution is 6.31. The fraction of sp³-hybridized carbons (Fsp3) is 0.649. The number of hydrogen-bond acceptors (Lipinski definition) is 12. The van der Waals surface area contributed by atoms with Crippen molar-refractivity contribution in [2.24, 2.45) is 17.8 Å². The maximum atomic E-state index is 15.6. The van der Waals surface area contributed by atoms with E-state index in [0.29, 0.717) is 56.9 Å². The van der Waals surface area contributed by atoms with E-state index in [1.54, 1.807) is 6.92 Å². The lowest BCUT2D eigenvalue weighted by Crippen LogP contribution is -2.65. The molecule has 7 rings (SSSR count). The Morgan fingerprint density at radius 3 is 1.90 bits per heavy atom. The van der Waals surface area contributed by atoms with Gasteiger partial charge in [0.2, 0.25) is 70.9 Å². The maximum Gasteiger partial charge on any atom is 0.417 e. The Morgan fingerprint density at radius 1 is 0.667 bits per heavy atom. The number of likely N-dealkylation sites (N-methyl/N-ethyl adjacent to an activating group) is 6. The molecule has 0 aromatic heterocycles. The zero-order valence-electron chi connectivity index (χ0n) is 61.4. The average molecular weight is 1450 g/mol. The molecule has 5 aliphatic rings. The number of rotatable bonds is 11. The average Bonchev–Trinajstić information content (AvgIpc) is 1.49. The number of halogens is 4. The molecule has 2 saturated carbocycles. The largest absolute Gasteiger partial charge is 0.417 e. The number of fused-ring (bicyclic) bond motifs is 4. The number of aryl methyl sites for hydroxylation is 2. The molecule has 28 heteroatoms. The third-order valence-electron chi connectivity index (χ3n) is 21.1. The number of hydrogen-bond donors (Lipinski definition) is 3. The number of nitrogens with one attached hydrogen (secondary N) is 3. The van der Waals surface area contributed by atoms with E-state index in [2.05, 4.69) is 16.0 Å². The molecule has 562 valence electrons. The Balaban J connectivity index is 1.31. The van der Waals surface area contributed by atoms with Crippen LogP contribution in [0.4, 0.5) is 13.2 Å². The van der Waals surface area contributed by atoms with Crippen molar-refractivity contribution in [3.05, 3.63) is 81.9 Å². The Hall–Kier alpha value is -8.10. The lowest BCUT2D eigenvalue weighted by Gasteiger charge is -2.42. The quantitative estimate of drug-likeness (QED) is 0.226. The second-order valence-electron chi connectivity index (χ2n) is 29.3. The Labute approximate surface area is 603 Å². The highest BCUT2D eigenvalue weighted by Gasteiger charge is 2.51. The molecule has 2 saturated heterocycles. The van der Waals surface area contributed by atoms with Gasteiger partial charge in [0.05, 0.1) is 36.6 Å². The Bertz CT molecular complexity index is 3410. The van der Waals surface area contributed by atoms with Gasteiger partial charge in [-0.3, -0.25) is 57.5 Å². The molecule has 4 fully saturated rings. The van der Waals surface area contributed by atoms with Crippen molar-refractivity contribution in [1.29, 1.82) is 0 Å². The van der Waals surface area contributed by atoms with E-state index in [9.17, 15) is 41.9 Å². The molecule has 0 radical (unpaired) electrons. The van der Waals surface area contributed by atoms with Gasteiger partial charge in [0.15, 0.2) is 0 Å². The summed E-state index contributed by atoms with van der Waals surface area (Å²) in [7, 11) is 10.0. The SMILES string of the molecule is CC[C@H](C)[C@@H]1NC(=O)[C@H](CC(C)C)N(C)C(=O)C[C@@H](C(=O)N(C)C)N(C)C(=O)[C@H](C2CCCC2)N(C)C(=O)C2(CCCC2)NC(=O)[C@@H]2CCCN2C(=O)[C@H](CCc2ccc(C(F)(F)F)c(Cl)c2)NC(=O)CN(C)C(=O)[C@H](Cc2ccc(C)cc2)N2CC/C=C\CCN(CC2=O)C(=O)CN(C)C1=O. The minimum atomic E-state index is -4.77. The minimum Gasteiger partial charge on any atom is -0.347 e. The lowest BCUT2D eigenvalue weighted by atomic mass is 9.90. The van der Waals surface area contributed by atoms with Gasteiger partial charge in [0.1, 0.15) is 47.8 Å². The standard InChI is InChI=1S/C74H106ClF3N12O12/c1-13-48(5)63-70(100)84(9)44-61(93)88-36-20-14-15-21-37-89(62(94)45-88)58(41-50-28-26-47(4)27-29-50)69(99)83(8)43-59(91)79-54(33-31-49-30-32-52(53(75)40-49)74(76,77)78)67(97)90-38-22-25-55(90)66(96)81-73(34-18-19-35-73)72(102)87(12)64(51-23-16-17-24-51)71(101)86(11)57(68(98)82(6)7)42-60(92)85(10)56(39-46(2)3)65(95)80-63/h14-15,26-30,32,40,46,48,51,54-58,63-64H,13,16-25,31,33-39,41-45H2,1-12H3,(H,79,91)(H,80,95)(H,81,96)/b15-14-/t48-,54-,55-,56-,57-,58-,63-,64-/m0/s1. The van der Waals surface area contributed by atoms with E-state index < -0.39 is 173 Å². The maximum absolute atomic E-state index is 15.6. The molecule has 2 aromatic rings. The van der Waals surface area contributed by atoms with Crippen LogP contribution < -0.4 is 16.0 Å². The molecule has 102 heavy (non-hydrogen) atoms. The third kappa shape index (κ3) is 20.2. The Kier molecular flexibility index (Phi) is 28.6. The van der Waals surface area contributed by atoms with Crippen LogP contribution in [-0.2, 0) is 76.6 Å². The summed E-state index contributed by atoms with van der Waals surface area (Å²) in [6, 6.07) is 1.45. The predicted molar refractivity (Wildman–Crippen MR) is 377 cm³/mol. The third-order valence-corrected chi connectivity index (χ3v) is 21.4. The summed E-state index contributed by atoms with van der Waals surface area (Å²) in [4.78, 5) is 191. The number of alkyl halides is 3. The summed E-state index contributed by atoms with van der Waals surface area (Å²) in [6.07, 6.45) is 3.38. The smallest absolute Gasteiger partial charge is 0.347 e. The van der Waals surface area contributed by atoms with Gasteiger partial charge >= 0.3 is 6.18 Å². The van der Waals surface area contributed by atoms with Crippen LogP contribution in [0.5, 0.6) is 0 Å². The van der Waals surface area contributed by atoms with E-state index >= 15 is 28.8 Å². The van der Waals surface area contributed by atoms with E-state index in [4.69, 9.17) is 11.6 Å². The molecule has 0 unspecified atom stereocenters. The first-order valence-corrected chi connectivity index (χ1v) is 36.3. The fourth-order valence-electron chi connectivity index (χ4n) is 14.8. The predicted octanol–water partition coefficient (Wildman–Crippen LogP) is 5.78. The van der Waals surface area contributed by atoms with Gasteiger partial charge in [-0.15, -0.1) is 0 Å². The van der Waals surface area contributed by atoms with Gasteiger partial charge in [0.25, 0.3) is 0 Å². The second-order valence-corrected chi connectivity index (χ2v) is 29.7. The molecule has 2 aromatic carbocycles. The monoisotopic (exact) mass is 1450 g/mol. The normalized spacial score (nSPS) is 25.5. The van der Waals surface area contributed by atoms with Crippen LogP contribution in [0.3, 0.4) is 0 Å². The van der Waals surface area contributed by atoms with Crippen molar-refractivity contribution in [2.45, 2.75) is 204 Å². The molecule has 8 atom stereocenters. The molecule has 2 aliphatic carbocycles. The number of nitrogens with zero attached hydrogens (tertiary/aromatic N) is 9. The number of amides is 12. The fourth-order valence-corrected chi connectivity index (χ4v) is 15.2. The highest BCUT2D eigenvalue weighted by Crippen LogP contribution is 2.38. The van der Waals surface area contributed by atoms with Crippen molar-refractivity contribution in [1.82, 2.24) is 60.0 Å². The van der Waals surface area contributed by atoms with E-state index in [1.165, 1.54) is 94.6 Å². The van der Waals surface area contributed by atoms with Gasteiger partial charge in [-0.25, -0.2) is 0 Å². The van der Waals surface area contributed by atoms with Crippen LogP contribution in [0.25, 0.3) is 0 Å². The van der Waals surface area contributed by atoms with Crippen LogP contribution in [0.2, 0.25) is 5.02 Å². The van der Waals surface area contributed by atoms with Crippen LogP contribution in [0, 0.1) is 24.7 Å². The molecule has 12 amide bonds. The number of benzene rings is 2. The van der Waals surface area contributed by atoms with Crippen LogP contribution in [0.15, 0.2) is 54.6 Å². The van der Waals surface area contributed by atoms with Gasteiger partial charge in [-0.05, 0) is 119 Å². The summed E-state index contributed by atoms with van der Waals surface area (Å²) in [5.74, 6) is -9.15. The summed E-state index contributed by atoms with van der Waals surface area (Å²) in [6.45, 7) is 7.51. The van der Waals surface area contributed by atoms with E-state index in [1.807, 2.05) is 64.1 Å². The number of carbonyl (C=O) groups is 12. The van der Waals surface area contributed by atoms with Crippen molar-refractivity contribution in [2.75, 3.05) is 88.6 Å². The van der Waals surface area contributed by atoms with Gasteiger partial charge in [-0.2, -0.15) is 13.2 Å². The lowest BCUT2D eigenvalue weighted by molar-refractivity contribution is -0.156. The van der Waals surface area contributed by atoms with Gasteiger partial charge in [-0.1, -0.05) is 119 Å². The molecular formula is C74H106ClF3N12O12. The van der Waals surface area contributed by atoms with Crippen LogP contribution in [-0.4, -0.2) is 251 Å². The Morgan fingerprint density at radius 2 is 1.29 bits per heavy atom. The first-order chi connectivity index (χ1) is 48.1. The summed E-state index contributed by atoms with van der Waals surface area (Å²) in [5, 5.41) is 8.14. The minimum absolute atomic E-state index is 0.000524. The number of carbonyl (C=O) groups excluding carboxylic acids is 12. The molecule has 24 nitrogen and oxygen atoms in total. The van der Waals surface area contributed by atoms with Gasteiger partial charge in [0, 0.05) is 75.4 Å². The summed E-state index contributed by atoms with van der Waals surface area (Å²) < 4.78 is 41.7. The first-order valence-electron chi connectivity index (χ1n) is 36.0. The van der Waals surface area contributed by atoms with Crippen LogP contribution in [0.1, 0.15) is 153 Å². The highest BCUT2D eigenvalue weighted by atomic mass is 35.5. The van der Waals surface area contributed by atoms with Crippen molar-refractivity contribution < 1.29 is 70.7 Å². The summed E-state index contributed by atoms with van der Waals surface area (Å²) >= 11 is 6.17. The van der Waals surface area contributed by atoms with Gasteiger partial charge < -0.3 is 60.0 Å². The summed E-state index contributed by atoms with van der Waals surface area (Å²) in [5.41, 5.74) is -0.798. The van der Waals surface area contributed by atoms with Crippen molar-refractivity contribution in [3.63, 3.8) is 0 Å². The molecule has 3 heterocycles. The zero-order chi connectivity index (χ0) is 75.2. The zero-order valence-corrected chi connectivity index (χ0v) is 62.1.